The zero-order valence-electron chi connectivity index (χ0n) is 11.9. The van der Waals surface area contributed by atoms with E-state index in [9.17, 15) is 0 Å². The Morgan fingerprint density at radius 1 is 1.15 bits per heavy atom. The van der Waals surface area contributed by atoms with Crippen molar-refractivity contribution in [3.05, 3.63) is 46.7 Å². The van der Waals surface area contributed by atoms with Gasteiger partial charge in [-0.1, -0.05) is 25.1 Å². The predicted molar refractivity (Wildman–Crippen MR) is 83.6 cm³/mol. The Balaban J connectivity index is 2.18. The minimum absolute atomic E-state index is 0.0899. The Morgan fingerprint density at radius 3 is 2.50 bits per heavy atom. The van der Waals surface area contributed by atoms with Gasteiger partial charge in [-0.15, -0.1) is 11.3 Å². The smallest absolute Gasteiger partial charge is 0.162 e. The van der Waals surface area contributed by atoms with Crippen molar-refractivity contribution in [2.75, 3.05) is 6.61 Å². The Bertz CT molecular complexity index is 511. The van der Waals surface area contributed by atoms with Crippen LogP contribution >= 0.6 is 11.3 Å². The third-order valence-corrected chi connectivity index (χ3v) is 3.80. The highest BCUT2D eigenvalue weighted by Gasteiger charge is 2.20. The van der Waals surface area contributed by atoms with Gasteiger partial charge in [0.1, 0.15) is 6.10 Å². The van der Waals surface area contributed by atoms with Gasteiger partial charge in [0, 0.05) is 10.9 Å². The van der Waals surface area contributed by atoms with Crippen molar-refractivity contribution in [3.8, 4) is 11.5 Å². The van der Waals surface area contributed by atoms with Crippen LogP contribution in [-0.4, -0.2) is 12.6 Å². The Hall–Kier alpha value is -1.52. The van der Waals surface area contributed by atoms with Crippen molar-refractivity contribution in [2.45, 2.75) is 32.4 Å². The maximum Gasteiger partial charge on any atom is 0.162 e. The van der Waals surface area contributed by atoms with E-state index in [2.05, 4.69) is 6.92 Å². The molecule has 4 heteroatoms. The summed E-state index contributed by atoms with van der Waals surface area (Å²) in [6.07, 6.45) is 0.817. The fourth-order valence-corrected chi connectivity index (χ4v) is 2.76. The van der Waals surface area contributed by atoms with Crippen molar-refractivity contribution in [1.82, 2.24) is 0 Å². The van der Waals surface area contributed by atoms with E-state index in [1.807, 2.05) is 48.7 Å². The number of para-hydroxylation sites is 2. The van der Waals surface area contributed by atoms with Crippen LogP contribution in [0.4, 0.5) is 0 Å². The van der Waals surface area contributed by atoms with Crippen LogP contribution in [0.1, 0.15) is 31.2 Å². The molecule has 0 saturated carbocycles. The van der Waals surface area contributed by atoms with E-state index in [-0.39, 0.29) is 12.1 Å². The first kappa shape index (κ1) is 14.9. The summed E-state index contributed by atoms with van der Waals surface area (Å²) in [5, 5.41) is 2.04. The minimum Gasteiger partial charge on any atom is -0.490 e. The maximum atomic E-state index is 6.11. The van der Waals surface area contributed by atoms with E-state index in [1.165, 1.54) is 0 Å². The standard InChI is InChI=1S/C16H21NO2S/c1-3-10-18-13-7-4-5-8-14(13)19-16(12(2)17)15-9-6-11-20-15/h4-9,11-12,16H,3,10,17H2,1-2H3. The van der Waals surface area contributed by atoms with Gasteiger partial charge in [-0.05, 0) is 36.9 Å². The van der Waals surface area contributed by atoms with Crippen LogP contribution in [0.3, 0.4) is 0 Å². The minimum atomic E-state index is -0.152. The van der Waals surface area contributed by atoms with Crippen LogP contribution in [0.2, 0.25) is 0 Å². The number of benzene rings is 1. The molecule has 0 aliphatic carbocycles. The molecule has 0 saturated heterocycles. The average molecular weight is 291 g/mol. The fraction of sp³-hybridized carbons (Fsp3) is 0.375. The summed E-state index contributed by atoms with van der Waals surface area (Å²) in [4.78, 5) is 1.13. The molecular weight excluding hydrogens is 270 g/mol. The predicted octanol–water partition coefficient (Wildman–Crippen LogP) is 4.00. The van der Waals surface area contributed by atoms with Gasteiger partial charge in [-0.25, -0.2) is 0 Å². The second-order valence-corrected chi connectivity index (χ2v) is 5.69. The second kappa shape index (κ2) is 7.31. The quantitative estimate of drug-likeness (QED) is 0.838. The molecule has 1 aromatic carbocycles. The van der Waals surface area contributed by atoms with Crippen molar-refractivity contribution >= 4 is 11.3 Å². The highest BCUT2D eigenvalue weighted by atomic mass is 32.1. The van der Waals surface area contributed by atoms with E-state index in [0.29, 0.717) is 6.61 Å². The van der Waals surface area contributed by atoms with Gasteiger partial charge >= 0.3 is 0 Å². The third-order valence-electron chi connectivity index (χ3n) is 2.87. The van der Waals surface area contributed by atoms with Gasteiger partial charge in [0.2, 0.25) is 0 Å². The first-order valence-corrected chi connectivity index (χ1v) is 7.77. The molecule has 0 fully saturated rings. The molecule has 0 radical (unpaired) electrons. The summed E-state index contributed by atoms with van der Waals surface area (Å²) in [5.74, 6) is 1.52. The lowest BCUT2D eigenvalue weighted by Crippen LogP contribution is -2.28. The zero-order chi connectivity index (χ0) is 14.4. The van der Waals surface area contributed by atoms with Crippen LogP contribution in [0.15, 0.2) is 41.8 Å². The molecule has 2 rings (SSSR count). The molecule has 1 aromatic heterocycles. The molecule has 0 amide bonds. The van der Waals surface area contributed by atoms with Gasteiger partial charge in [0.15, 0.2) is 11.5 Å². The molecule has 2 unspecified atom stereocenters. The molecule has 20 heavy (non-hydrogen) atoms. The lowest BCUT2D eigenvalue weighted by molar-refractivity contribution is 0.173. The average Bonchev–Trinajstić information content (AvgIpc) is 2.97. The van der Waals surface area contributed by atoms with E-state index >= 15 is 0 Å². The fourth-order valence-electron chi connectivity index (χ4n) is 1.89. The normalized spacial score (nSPS) is 13.8. The summed E-state index contributed by atoms with van der Waals surface area (Å²) in [5.41, 5.74) is 6.07. The molecule has 1 heterocycles. The second-order valence-electron chi connectivity index (χ2n) is 4.71. The number of hydrogen-bond donors (Lipinski definition) is 1. The van der Waals surface area contributed by atoms with Crippen molar-refractivity contribution in [1.29, 1.82) is 0 Å². The molecule has 108 valence electrons. The molecule has 0 aliphatic rings. The topological polar surface area (TPSA) is 44.5 Å². The Kier molecular flexibility index (Phi) is 5.44. The lowest BCUT2D eigenvalue weighted by Gasteiger charge is -2.23. The summed E-state index contributed by atoms with van der Waals surface area (Å²) in [6, 6.07) is 11.7. The zero-order valence-corrected chi connectivity index (χ0v) is 12.7. The number of rotatable bonds is 7. The first-order chi connectivity index (χ1) is 9.72. The lowest BCUT2D eigenvalue weighted by atomic mass is 10.1. The maximum absolute atomic E-state index is 6.11. The van der Waals surface area contributed by atoms with Crippen molar-refractivity contribution < 1.29 is 9.47 Å². The van der Waals surface area contributed by atoms with Gasteiger partial charge in [0.05, 0.1) is 6.61 Å². The van der Waals surface area contributed by atoms with Crippen molar-refractivity contribution in [2.24, 2.45) is 5.73 Å². The van der Waals surface area contributed by atoms with E-state index in [4.69, 9.17) is 15.2 Å². The molecular formula is C16H21NO2S. The molecule has 2 aromatic rings. The third kappa shape index (κ3) is 3.74. The summed E-state index contributed by atoms with van der Waals surface area (Å²) in [6.45, 7) is 4.72. The van der Waals surface area contributed by atoms with Crippen LogP contribution in [0.5, 0.6) is 11.5 Å². The molecule has 0 aliphatic heterocycles. The summed E-state index contributed by atoms with van der Waals surface area (Å²) >= 11 is 1.66. The molecule has 0 spiro atoms. The van der Waals surface area contributed by atoms with Gasteiger partial charge in [-0.3, -0.25) is 0 Å². The van der Waals surface area contributed by atoms with Crippen LogP contribution in [-0.2, 0) is 0 Å². The van der Waals surface area contributed by atoms with E-state index in [0.717, 1.165) is 22.8 Å². The number of thiophene rings is 1. The molecule has 0 bridgehead atoms. The largest absolute Gasteiger partial charge is 0.490 e. The number of hydrogen-bond acceptors (Lipinski definition) is 4. The van der Waals surface area contributed by atoms with Crippen LogP contribution in [0.25, 0.3) is 0 Å². The highest BCUT2D eigenvalue weighted by molar-refractivity contribution is 7.10. The Morgan fingerprint density at radius 2 is 1.90 bits per heavy atom. The highest BCUT2D eigenvalue weighted by Crippen LogP contribution is 2.33. The molecule has 2 atom stereocenters. The van der Waals surface area contributed by atoms with E-state index in [1.54, 1.807) is 11.3 Å². The summed E-state index contributed by atoms with van der Waals surface area (Å²) in [7, 11) is 0. The van der Waals surface area contributed by atoms with Gasteiger partial charge in [-0.2, -0.15) is 0 Å². The van der Waals surface area contributed by atoms with Crippen LogP contribution in [0, 0.1) is 0 Å². The number of ether oxygens (including phenoxy) is 2. The van der Waals surface area contributed by atoms with E-state index < -0.39 is 0 Å². The summed E-state index contributed by atoms with van der Waals surface area (Å²) < 4.78 is 11.8. The van der Waals surface area contributed by atoms with Crippen molar-refractivity contribution in [3.63, 3.8) is 0 Å². The molecule has 3 nitrogen and oxygen atoms in total. The number of nitrogens with two attached hydrogens (primary N) is 1. The SMILES string of the molecule is CCCOc1ccccc1OC(c1cccs1)C(C)N. The molecule has 2 N–H and O–H groups in total. The Labute approximate surface area is 124 Å². The van der Waals surface area contributed by atoms with Gasteiger partial charge < -0.3 is 15.2 Å². The van der Waals surface area contributed by atoms with Gasteiger partial charge in [0.25, 0.3) is 0 Å². The monoisotopic (exact) mass is 291 g/mol. The van der Waals surface area contributed by atoms with Crippen LogP contribution < -0.4 is 15.2 Å². The first-order valence-electron chi connectivity index (χ1n) is 6.89.